The number of rotatable bonds is 7. The predicted octanol–water partition coefficient (Wildman–Crippen LogP) is 3.09. The number of aryl methyl sites for hydroxylation is 1. The van der Waals surface area contributed by atoms with E-state index >= 15 is 0 Å². The van der Waals surface area contributed by atoms with Gasteiger partial charge in [0.2, 0.25) is 0 Å². The molecule has 0 amide bonds. The van der Waals surface area contributed by atoms with Crippen LogP contribution in [-0.2, 0) is 16.1 Å². The molecule has 0 aliphatic rings. The minimum absolute atomic E-state index is 0.185. The van der Waals surface area contributed by atoms with Gasteiger partial charge in [-0.3, -0.25) is 0 Å². The van der Waals surface area contributed by atoms with Gasteiger partial charge in [0.1, 0.15) is 4.88 Å². The van der Waals surface area contributed by atoms with E-state index in [1.54, 1.807) is 13.2 Å². The fourth-order valence-corrected chi connectivity index (χ4v) is 2.24. The van der Waals surface area contributed by atoms with Crippen LogP contribution in [0, 0.1) is 6.92 Å². The first-order valence-electron chi connectivity index (χ1n) is 5.81. The second-order valence-electron chi connectivity index (χ2n) is 4.76. The number of carboxylic acid groups (broad SMARTS) is 1. The van der Waals surface area contributed by atoms with Crippen molar-refractivity contribution >= 4 is 17.3 Å². The van der Waals surface area contributed by atoms with E-state index in [4.69, 9.17) is 14.6 Å². The van der Waals surface area contributed by atoms with Gasteiger partial charge >= 0.3 is 5.97 Å². The fraction of sp³-hybridized carbons (Fsp3) is 0.615. The Morgan fingerprint density at radius 2 is 2.17 bits per heavy atom. The minimum atomic E-state index is -0.880. The van der Waals surface area contributed by atoms with Crippen LogP contribution in [0.1, 0.15) is 40.4 Å². The van der Waals surface area contributed by atoms with Gasteiger partial charge in [0.05, 0.1) is 12.2 Å². The van der Waals surface area contributed by atoms with E-state index < -0.39 is 5.97 Å². The first-order valence-corrected chi connectivity index (χ1v) is 6.63. The third-order valence-electron chi connectivity index (χ3n) is 2.89. The lowest BCUT2D eigenvalue weighted by molar-refractivity contribution is -0.0124. The van der Waals surface area contributed by atoms with Crippen LogP contribution in [0.5, 0.6) is 0 Å². The Balaban J connectivity index is 2.42. The Morgan fingerprint density at radius 3 is 2.67 bits per heavy atom. The molecule has 18 heavy (non-hydrogen) atoms. The highest BCUT2D eigenvalue weighted by molar-refractivity contribution is 7.14. The van der Waals surface area contributed by atoms with E-state index in [1.165, 1.54) is 11.3 Å². The van der Waals surface area contributed by atoms with E-state index in [9.17, 15) is 4.79 Å². The average Bonchev–Trinajstić information content (AvgIpc) is 2.67. The van der Waals surface area contributed by atoms with Crippen LogP contribution in [0.2, 0.25) is 0 Å². The van der Waals surface area contributed by atoms with Crippen LogP contribution in [0.15, 0.2) is 6.07 Å². The predicted molar refractivity (Wildman–Crippen MR) is 71.4 cm³/mol. The maximum Gasteiger partial charge on any atom is 0.345 e. The molecule has 0 unspecified atom stereocenters. The Kier molecular flexibility index (Phi) is 5.31. The van der Waals surface area contributed by atoms with Crippen LogP contribution < -0.4 is 0 Å². The Morgan fingerprint density at radius 1 is 1.50 bits per heavy atom. The summed E-state index contributed by atoms with van der Waals surface area (Å²) in [6, 6.07) is 1.68. The lowest BCUT2D eigenvalue weighted by Crippen LogP contribution is -2.24. The molecular weight excluding hydrogens is 252 g/mol. The molecule has 1 heterocycles. The Hall–Kier alpha value is -0.910. The van der Waals surface area contributed by atoms with Gasteiger partial charge in [-0.15, -0.1) is 11.3 Å². The molecule has 0 spiro atoms. The van der Waals surface area contributed by atoms with Crippen LogP contribution in [0.25, 0.3) is 0 Å². The van der Waals surface area contributed by atoms with Crippen molar-refractivity contribution < 1.29 is 19.4 Å². The maximum absolute atomic E-state index is 10.8. The monoisotopic (exact) mass is 272 g/mol. The van der Waals surface area contributed by atoms with Crippen LogP contribution in [-0.4, -0.2) is 30.4 Å². The minimum Gasteiger partial charge on any atom is -0.477 e. The van der Waals surface area contributed by atoms with Crippen LogP contribution in [0.4, 0.5) is 0 Å². The standard InChI is InChI=1S/C13H20O4S/c1-9-10(7-11(18-9)12(14)15)8-17-6-5-13(2,3)16-4/h7H,5-6,8H2,1-4H3,(H,14,15). The molecule has 1 aromatic heterocycles. The molecule has 1 rings (SSSR count). The summed E-state index contributed by atoms with van der Waals surface area (Å²) in [4.78, 5) is 12.2. The molecule has 0 aromatic carbocycles. The number of methoxy groups -OCH3 is 1. The van der Waals surface area contributed by atoms with Crippen LogP contribution >= 0.6 is 11.3 Å². The normalized spacial score (nSPS) is 11.8. The summed E-state index contributed by atoms with van der Waals surface area (Å²) in [6.07, 6.45) is 0.804. The first-order chi connectivity index (χ1) is 8.35. The SMILES string of the molecule is COC(C)(C)CCOCc1cc(C(=O)O)sc1C. The molecule has 0 bridgehead atoms. The van der Waals surface area contributed by atoms with Crippen molar-refractivity contribution in [3.63, 3.8) is 0 Å². The zero-order valence-electron chi connectivity index (χ0n) is 11.3. The highest BCUT2D eigenvalue weighted by atomic mass is 32.1. The van der Waals surface area contributed by atoms with E-state index in [0.717, 1.165) is 16.9 Å². The van der Waals surface area contributed by atoms with Crippen molar-refractivity contribution in [1.29, 1.82) is 0 Å². The molecule has 0 aliphatic heterocycles. The number of carbonyl (C=O) groups is 1. The summed E-state index contributed by atoms with van der Waals surface area (Å²) in [6.45, 7) is 6.98. The molecule has 0 saturated carbocycles. The molecule has 0 atom stereocenters. The van der Waals surface area contributed by atoms with Gasteiger partial charge in [-0.05, 0) is 38.8 Å². The third-order valence-corrected chi connectivity index (χ3v) is 3.97. The molecule has 0 fully saturated rings. The highest BCUT2D eigenvalue weighted by Gasteiger charge is 2.16. The molecule has 102 valence electrons. The smallest absolute Gasteiger partial charge is 0.345 e. The third kappa shape index (κ3) is 4.40. The number of hydrogen-bond donors (Lipinski definition) is 1. The molecule has 0 aliphatic carbocycles. The lowest BCUT2D eigenvalue weighted by atomic mass is 10.1. The summed E-state index contributed by atoms with van der Waals surface area (Å²) in [5.74, 6) is -0.880. The Bertz CT molecular complexity index is 409. The number of ether oxygens (including phenoxy) is 2. The molecular formula is C13H20O4S. The van der Waals surface area contributed by atoms with Gasteiger partial charge in [0.15, 0.2) is 0 Å². The van der Waals surface area contributed by atoms with Crippen molar-refractivity contribution in [1.82, 2.24) is 0 Å². The summed E-state index contributed by atoms with van der Waals surface area (Å²) in [5.41, 5.74) is 0.767. The molecule has 0 saturated heterocycles. The van der Waals surface area contributed by atoms with Crippen molar-refractivity contribution in [3.05, 3.63) is 21.4 Å². The van der Waals surface area contributed by atoms with Gasteiger partial charge in [0.25, 0.3) is 0 Å². The molecule has 4 nitrogen and oxygen atoms in total. The van der Waals surface area contributed by atoms with Crippen molar-refractivity contribution in [3.8, 4) is 0 Å². The molecule has 5 heteroatoms. The fourth-order valence-electron chi connectivity index (χ4n) is 1.37. The number of carboxylic acids is 1. The van der Waals surface area contributed by atoms with Gasteiger partial charge in [-0.1, -0.05) is 0 Å². The summed E-state index contributed by atoms with van der Waals surface area (Å²) < 4.78 is 10.9. The summed E-state index contributed by atoms with van der Waals surface area (Å²) in [7, 11) is 1.68. The quantitative estimate of drug-likeness (QED) is 0.775. The van der Waals surface area contributed by atoms with Crippen molar-refractivity contribution in [2.45, 2.75) is 39.4 Å². The van der Waals surface area contributed by atoms with Gasteiger partial charge in [-0.2, -0.15) is 0 Å². The maximum atomic E-state index is 10.8. The highest BCUT2D eigenvalue weighted by Crippen LogP contribution is 2.22. The van der Waals surface area contributed by atoms with Crippen molar-refractivity contribution in [2.24, 2.45) is 0 Å². The number of aromatic carboxylic acids is 1. The largest absolute Gasteiger partial charge is 0.477 e. The second kappa shape index (κ2) is 6.31. The van der Waals surface area contributed by atoms with E-state index in [2.05, 4.69) is 0 Å². The van der Waals surface area contributed by atoms with E-state index in [1.807, 2.05) is 20.8 Å². The first kappa shape index (κ1) is 15.1. The summed E-state index contributed by atoms with van der Waals surface area (Å²) >= 11 is 1.29. The van der Waals surface area contributed by atoms with Crippen molar-refractivity contribution in [2.75, 3.05) is 13.7 Å². The molecule has 1 aromatic rings. The zero-order chi connectivity index (χ0) is 13.8. The van der Waals surface area contributed by atoms with E-state index in [0.29, 0.717) is 18.1 Å². The molecule has 0 radical (unpaired) electrons. The van der Waals surface area contributed by atoms with Gasteiger partial charge in [0, 0.05) is 18.6 Å². The summed E-state index contributed by atoms with van der Waals surface area (Å²) in [5, 5.41) is 8.89. The molecule has 1 N–H and O–H groups in total. The number of hydrogen-bond acceptors (Lipinski definition) is 4. The number of thiophene rings is 1. The van der Waals surface area contributed by atoms with Gasteiger partial charge < -0.3 is 14.6 Å². The topological polar surface area (TPSA) is 55.8 Å². The van der Waals surface area contributed by atoms with Gasteiger partial charge in [-0.25, -0.2) is 4.79 Å². The van der Waals surface area contributed by atoms with E-state index in [-0.39, 0.29) is 5.60 Å². The lowest BCUT2D eigenvalue weighted by Gasteiger charge is -2.22. The Labute approximate surface area is 112 Å². The average molecular weight is 272 g/mol. The second-order valence-corrected chi connectivity index (χ2v) is 6.02. The zero-order valence-corrected chi connectivity index (χ0v) is 12.1. The van der Waals surface area contributed by atoms with Crippen LogP contribution in [0.3, 0.4) is 0 Å².